The fourth-order valence-electron chi connectivity index (χ4n) is 1.24. The first-order valence-electron chi connectivity index (χ1n) is 4.92. The Bertz CT molecular complexity index is 515. The third-order valence-corrected chi connectivity index (χ3v) is 2.84. The topological polar surface area (TPSA) is 73.1 Å². The number of rotatable bonds is 3. The van der Waals surface area contributed by atoms with E-state index in [2.05, 4.69) is 31.3 Å². The molecule has 0 unspecified atom stereocenters. The van der Waals surface area contributed by atoms with Gasteiger partial charge in [0.15, 0.2) is 5.82 Å². The van der Waals surface area contributed by atoms with Crippen LogP contribution in [0.5, 0.6) is 11.6 Å². The zero-order valence-electron chi connectivity index (χ0n) is 9.14. The lowest BCUT2D eigenvalue weighted by Gasteiger charge is -2.08. The van der Waals surface area contributed by atoms with E-state index in [1.54, 1.807) is 0 Å². The number of hydrogen-bond donors (Lipinski definition) is 2. The summed E-state index contributed by atoms with van der Waals surface area (Å²) in [6.45, 7) is 2.01. The van der Waals surface area contributed by atoms with Crippen LogP contribution >= 0.6 is 15.9 Å². The number of hydrazine groups is 1. The number of anilines is 1. The molecule has 1 aromatic carbocycles. The number of nitrogens with zero attached hydrogens (tertiary/aromatic N) is 2. The predicted octanol–water partition coefficient (Wildman–Crippen LogP) is 2.63. The van der Waals surface area contributed by atoms with E-state index < -0.39 is 0 Å². The van der Waals surface area contributed by atoms with Crippen LogP contribution < -0.4 is 16.0 Å². The molecule has 3 N–H and O–H groups in total. The van der Waals surface area contributed by atoms with Crippen LogP contribution in [-0.2, 0) is 0 Å². The molecule has 0 amide bonds. The molecule has 0 bridgehead atoms. The molecule has 0 spiro atoms. The summed E-state index contributed by atoms with van der Waals surface area (Å²) >= 11 is 3.32. The highest BCUT2D eigenvalue weighted by molar-refractivity contribution is 9.10. The Morgan fingerprint density at radius 1 is 1.24 bits per heavy atom. The molecule has 0 fully saturated rings. The lowest BCUT2D eigenvalue weighted by molar-refractivity contribution is 0.458. The Morgan fingerprint density at radius 3 is 2.59 bits per heavy atom. The number of ether oxygens (including phenoxy) is 1. The largest absolute Gasteiger partial charge is 0.438 e. The average molecular weight is 295 g/mol. The van der Waals surface area contributed by atoms with E-state index in [1.165, 1.54) is 11.9 Å². The maximum Gasteiger partial charge on any atom is 0.238 e. The van der Waals surface area contributed by atoms with E-state index in [0.717, 1.165) is 0 Å². The van der Waals surface area contributed by atoms with Gasteiger partial charge in [0.05, 0.1) is 0 Å². The van der Waals surface area contributed by atoms with Gasteiger partial charge in [-0.2, -0.15) is 0 Å². The molecule has 0 aliphatic carbocycles. The van der Waals surface area contributed by atoms with Crippen molar-refractivity contribution in [3.63, 3.8) is 0 Å². The summed E-state index contributed by atoms with van der Waals surface area (Å²) < 4.78 is 6.20. The molecule has 0 saturated carbocycles. The van der Waals surface area contributed by atoms with Gasteiger partial charge in [0.2, 0.25) is 5.88 Å². The SMILES string of the molecule is Cc1ccc(Oc2ncnc(NN)c2Br)cc1. The third kappa shape index (κ3) is 2.72. The van der Waals surface area contributed by atoms with Crippen LogP contribution in [0.3, 0.4) is 0 Å². The Morgan fingerprint density at radius 2 is 1.94 bits per heavy atom. The normalized spacial score (nSPS) is 10.1. The number of hydrogen-bond acceptors (Lipinski definition) is 5. The van der Waals surface area contributed by atoms with Gasteiger partial charge in [-0.05, 0) is 35.0 Å². The van der Waals surface area contributed by atoms with Gasteiger partial charge in [-0.3, -0.25) is 0 Å². The van der Waals surface area contributed by atoms with Crippen molar-refractivity contribution in [1.29, 1.82) is 0 Å². The molecule has 0 saturated heterocycles. The first kappa shape index (κ1) is 11.8. The van der Waals surface area contributed by atoms with Crippen LogP contribution in [0.15, 0.2) is 35.1 Å². The van der Waals surface area contributed by atoms with Crippen molar-refractivity contribution < 1.29 is 4.74 Å². The summed E-state index contributed by atoms with van der Waals surface area (Å²) in [7, 11) is 0. The lowest BCUT2D eigenvalue weighted by atomic mass is 10.2. The zero-order valence-corrected chi connectivity index (χ0v) is 10.7. The van der Waals surface area contributed by atoms with Crippen molar-refractivity contribution in [3.05, 3.63) is 40.6 Å². The van der Waals surface area contributed by atoms with Gasteiger partial charge < -0.3 is 10.2 Å². The summed E-state index contributed by atoms with van der Waals surface area (Å²) in [6.07, 6.45) is 1.38. The number of nitrogens with two attached hydrogens (primary N) is 1. The van der Waals surface area contributed by atoms with Gasteiger partial charge >= 0.3 is 0 Å². The number of nitrogen functional groups attached to an aromatic ring is 1. The minimum atomic E-state index is 0.414. The first-order valence-corrected chi connectivity index (χ1v) is 5.71. The minimum Gasteiger partial charge on any atom is -0.438 e. The maximum absolute atomic E-state index is 5.61. The first-order chi connectivity index (χ1) is 8.20. The van der Waals surface area contributed by atoms with Crippen molar-refractivity contribution in [2.24, 2.45) is 5.84 Å². The standard InChI is InChI=1S/C11H11BrN4O/c1-7-2-4-8(5-3-7)17-11-9(12)10(16-13)14-6-15-11/h2-6H,13H2,1H3,(H,14,15,16). The Labute approximate surface area is 107 Å². The fourth-order valence-corrected chi connectivity index (χ4v) is 1.64. The second-order valence-electron chi connectivity index (χ2n) is 3.40. The fraction of sp³-hybridized carbons (Fsp3) is 0.0909. The molecule has 1 heterocycles. The number of aromatic nitrogens is 2. The number of benzene rings is 1. The molecule has 0 atom stereocenters. The molecule has 0 aliphatic rings. The van der Waals surface area contributed by atoms with E-state index in [-0.39, 0.29) is 0 Å². The number of nitrogens with one attached hydrogen (secondary N) is 1. The molecule has 0 radical (unpaired) electrons. The van der Waals surface area contributed by atoms with Gasteiger partial charge in [0.1, 0.15) is 16.5 Å². The van der Waals surface area contributed by atoms with E-state index in [1.807, 2.05) is 31.2 Å². The van der Waals surface area contributed by atoms with Crippen LogP contribution in [0.25, 0.3) is 0 Å². The van der Waals surface area contributed by atoms with Crippen LogP contribution in [0.4, 0.5) is 5.82 Å². The van der Waals surface area contributed by atoms with Gasteiger partial charge in [0, 0.05) is 0 Å². The second-order valence-corrected chi connectivity index (χ2v) is 4.19. The highest BCUT2D eigenvalue weighted by atomic mass is 79.9. The zero-order chi connectivity index (χ0) is 12.3. The Kier molecular flexibility index (Phi) is 3.55. The van der Waals surface area contributed by atoms with E-state index in [0.29, 0.717) is 21.9 Å². The molecule has 2 rings (SSSR count). The van der Waals surface area contributed by atoms with E-state index in [4.69, 9.17) is 10.6 Å². The van der Waals surface area contributed by atoms with E-state index in [9.17, 15) is 0 Å². The molecular weight excluding hydrogens is 284 g/mol. The van der Waals surface area contributed by atoms with Gasteiger partial charge in [-0.1, -0.05) is 17.7 Å². The smallest absolute Gasteiger partial charge is 0.238 e. The van der Waals surface area contributed by atoms with Crippen molar-refractivity contribution >= 4 is 21.7 Å². The van der Waals surface area contributed by atoms with Gasteiger partial charge in [0.25, 0.3) is 0 Å². The van der Waals surface area contributed by atoms with Gasteiger partial charge in [-0.15, -0.1) is 0 Å². The number of halogens is 1. The van der Waals surface area contributed by atoms with Gasteiger partial charge in [-0.25, -0.2) is 15.8 Å². The molecule has 1 aromatic heterocycles. The van der Waals surface area contributed by atoms with Crippen molar-refractivity contribution in [2.45, 2.75) is 6.92 Å². The third-order valence-electron chi connectivity index (χ3n) is 2.13. The van der Waals surface area contributed by atoms with Crippen molar-refractivity contribution in [1.82, 2.24) is 9.97 Å². The summed E-state index contributed by atoms with van der Waals surface area (Å²) in [5.41, 5.74) is 3.62. The predicted molar refractivity (Wildman–Crippen MR) is 68.8 cm³/mol. The second kappa shape index (κ2) is 5.11. The summed E-state index contributed by atoms with van der Waals surface area (Å²) in [6, 6.07) is 7.68. The van der Waals surface area contributed by atoms with Crippen LogP contribution in [0.1, 0.15) is 5.56 Å². The molecule has 2 aromatic rings. The highest BCUT2D eigenvalue weighted by Crippen LogP contribution is 2.31. The Balaban J connectivity index is 2.27. The minimum absolute atomic E-state index is 0.414. The molecular formula is C11H11BrN4O. The van der Waals surface area contributed by atoms with Crippen molar-refractivity contribution in [3.8, 4) is 11.6 Å². The molecule has 17 heavy (non-hydrogen) atoms. The molecule has 5 nitrogen and oxygen atoms in total. The summed E-state index contributed by atoms with van der Waals surface area (Å²) in [5.74, 6) is 6.90. The molecule has 88 valence electrons. The van der Waals surface area contributed by atoms with E-state index >= 15 is 0 Å². The molecule has 6 heteroatoms. The Hall–Kier alpha value is -1.66. The van der Waals surface area contributed by atoms with Crippen LogP contribution in [0, 0.1) is 6.92 Å². The average Bonchev–Trinajstić information content (AvgIpc) is 2.35. The maximum atomic E-state index is 5.61. The molecule has 0 aliphatic heterocycles. The quantitative estimate of drug-likeness (QED) is 0.672. The lowest BCUT2D eigenvalue weighted by Crippen LogP contribution is -2.09. The highest BCUT2D eigenvalue weighted by Gasteiger charge is 2.09. The van der Waals surface area contributed by atoms with Crippen molar-refractivity contribution in [2.75, 3.05) is 5.43 Å². The monoisotopic (exact) mass is 294 g/mol. The number of aryl methyl sites for hydroxylation is 1. The summed E-state index contributed by atoms with van der Waals surface area (Å²) in [4.78, 5) is 7.97. The summed E-state index contributed by atoms with van der Waals surface area (Å²) in [5, 5.41) is 0. The van der Waals surface area contributed by atoms with Crippen LogP contribution in [-0.4, -0.2) is 9.97 Å². The van der Waals surface area contributed by atoms with Crippen LogP contribution in [0.2, 0.25) is 0 Å².